The van der Waals surface area contributed by atoms with Gasteiger partial charge in [0.2, 0.25) is 15.9 Å². The maximum Gasteiger partial charge on any atom is 0.264 e. The zero-order valence-corrected chi connectivity index (χ0v) is 28.5. The van der Waals surface area contributed by atoms with Gasteiger partial charge in [0, 0.05) is 35.0 Å². The smallest absolute Gasteiger partial charge is 0.264 e. The Morgan fingerprint density at radius 3 is 2.70 bits per heavy atom. The third kappa shape index (κ3) is 5.53. The summed E-state index contributed by atoms with van der Waals surface area (Å²) in [6, 6.07) is 11.5. The van der Waals surface area contributed by atoms with Crippen LogP contribution in [0.15, 0.2) is 41.6 Å². The summed E-state index contributed by atoms with van der Waals surface area (Å²) >= 11 is 6.44. The Kier molecular flexibility index (Phi) is 8.19. The van der Waals surface area contributed by atoms with E-state index in [4.69, 9.17) is 25.9 Å². The molecule has 2 aromatic carbocycles. The minimum absolute atomic E-state index is 0.156. The summed E-state index contributed by atoms with van der Waals surface area (Å²) in [4.78, 5) is 22.2. The molecule has 11 heteroatoms. The Morgan fingerprint density at radius 2 is 1.93 bits per heavy atom. The molecule has 5 aliphatic rings. The first-order chi connectivity index (χ1) is 22.0. The summed E-state index contributed by atoms with van der Waals surface area (Å²) in [6.07, 6.45) is 7.93. The number of nitrogens with zero attached hydrogens (tertiary/aromatic N) is 2. The number of fused-ring (bicyclic) bond motifs is 5. The molecule has 9 nitrogen and oxygen atoms in total. The molecule has 2 aliphatic carbocycles. The molecule has 2 spiro atoms. The summed E-state index contributed by atoms with van der Waals surface area (Å²) < 4.78 is 41.4. The van der Waals surface area contributed by atoms with Crippen LogP contribution in [0, 0.1) is 17.8 Å². The molecule has 0 unspecified atom stereocenters. The van der Waals surface area contributed by atoms with Crippen molar-refractivity contribution in [2.75, 3.05) is 31.7 Å². The van der Waals surface area contributed by atoms with E-state index in [0.717, 1.165) is 62.2 Å². The Morgan fingerprint density at radius 1 is 1.09 bits per heavy atom. The number of benzene rings is 2. The van der Waals surface area contributed by atoms with Gasteiger partial charge in [0.15, 0.2) is 0 Å². The van der Waals surface area contributed by atoms with Crippen LogP contribution >= 0.6 is 11.6 Å². The fourth-order valence-corrected chi connectivity index (χ4v) is 10.2. The van der Waals surface area contributed by atoms with Gasteiger partial charge in [0.05, 0.1) is 31.1 Å². The van der Waals surface area contributed by atoms with Crippen molar-refractivity contribution >= 4 is 39.1 Å². The normalized spacial score (nSPS) is 33.8. The van der Waals surface area contributed by atoms with Gasteiger partial charge in [-0.05, 0) is 112 Å². The first-order valence-corrected chi connectivity index (χ1v) is 18.6. The Balaban J connectivity index is 1.31. The number of carbonyl (C=O) groups excluding carboxylic acids is 1. The van der Waals surface area contributed by atoms with Crippen molar-refractivity contribution in [2.24, 2.45) is 22.9 Å². The van der Waals surface area contributed by atoms with Gasteiger partial charge in [-0.2, -0.15) is 0 Å². The van der Waals surface area contributed by atoms with E-state index in [9.17, 15) is 13.2 Å². The summed E-state index contributed by atoms with van der Waals surface area (Å²) in [5.74, 6) is 1.15. The lowest BCUT2D eigenvalue weighted by Gasteiger charge is -2.49. The number of oxime groups is 1. The molecule has 2 bridgehead atoms. The molecule has 1 amide bonds. The molecular formula is C35H44ClN3O6S. The van der Waals surface area contributed by atoms with Gasteiger partial charge in [-0.1, -0.05) is 29.7 Å². The zero-order chi connectivity index (χ0) is 32.3. The average Bonchev–Trinajstić information content (AvgIpc) is 3.36. The van der Waals surface area contributed by atoms with E-state index in [-0.39, 0.29) is 17.3 Å². The number of carbonyl (C=O) groups is 1. The fraction of sp³-hybridized carbons (Fsp3) is 0.600. The van der Waals surface area contributed by atoms with Crippen LogP contribution in [-0.4, -0.2) is 57.9 Å². The van der Waals surface area contributed by atoms with Gasteiger partial charge in [0.25, 0.3) is 5.91 Å². The van der Waals surface area contributed by atoms with Gasteiger partial charge in [0.1, 0.15) is 11.4 Å². The predicted octanol–water partition coefficient (Wildman–Crippen LogP) is 6.23. The lowest BCUT2D eigenvalue weighted by atomic mass is 9.62. The molecule has 0 radical (unpaired) electrons. The van der Waals surface area contributed by atoms with Crippen LogP contribution in [0.3, 0.4) is 0 Å². The van der Waals surface area contributed by atoms with Crippen LogP contribution in [0.1, 0.15) is 86.7 Å². The first-order valence-electron chi connectivity index (χ1n) is 16.7. The second-order valence-corrected chi connectivity index (χ2v) is 16.8. The average molecular weight is 670 g/mol. The summed E-state index contributed by atoms with van der Waals surface area (Å²) in [5, 5.41) is 4.35. The van der Waals surface area contributed by atoms with Crippen molar-refractivity contribution in [1.82, 2.24) is 4.72 Å². The molecule has 1 fully saturated rings. The predicted molar refractivity (Wildman–Crippen MR) is 178 cm³/mol. The lowest BCUT2D eigenvalue weighted by molar-refractivity contribution is -0.118. The number of halogens is 1. The Labute approximate surface area is 277 Å². The first kappa shape index (κ1) is 31.6. The van der Waals surface area contributed by atoms with E-state index in [1.165, 1.54) is 11.1 Å². The van der Waals surface area contributed by atoms with E-state index in [1.807, 2.05) is 25.1 Å². The van der Waals surface area contributed by atoms with E-state index in [2.05, 4.69) is 26.9 Å². The number of hydrogen-bond donors (Lipinski definition) is 1. The van der Waals surface area contributed by atoms with Gasteiger partial charge in [-0.25, -0.2) is 13.1 Å². The molecule has 46 heavy (non-hydrogen) atoms. The number of anilines is 1. The second-order valence-electron chi connectivity index (χ2n) is 14.3. The molecule has 2 aromatic rings. The molecule has 6 atom stereocenters. The van der Waals surface area contributed by atoms with Crippen LogP contribution in [0.25, 0.3) is 0 Å². The van der Waals surface area contributed by atoms with Crippen LogP contribution in [0.4, 0.5) is 5.69 Å². The fourth-order valence-electron chi connectivity index (χ4n) is 8.65. The maximum absolute atomic E-state index is 13.5. The van der Waals surface area contributed by atoms with Gasteiger partial charge < -0.3 is 19.2 Å². The number of amides is 1. The monoisotopic (exact) mass is 669 g/mol. The van der Waals surface area contributed by atoms with E-state index >= 15 is 0 Å². The van der Waals surface area contributed by atoms with Crippen molar-refractivity contribution in [2.45, 2.75) is 87.9 Å². The molecule has 3 heterocycles. The highest BCUT2D eigenvalue weighted by Gasteiger charge is 2.54. The Bertz CT molecular complexity index is 1670. The quantitative estimate of drug-likeness (QED) is 0.355. The molecule has 1 saturated carbocycles. The summed E-state index contributed by atoms with van der Waals surface area (Å²) in [6.45, 7) is 5.60. The van der Waals surface area contributed by atoms with Crippen LogP contribution in [0.5, 0.6) is 5.75 Å². The van der Waals surface area contributed by atoms with E-state index in [1.54, 1.807) is 20.1 Å². The highest BCUT2D eigenvalue weighted by atomic mass is 35.5. The Hall–Kier alpha value is -2.98. The maximum atomic E-state index is 13.5. The molecule has 1 N–H and O–H groups in total. The molecule has 0 saturated heterocycles. The topological polar surface area (TPSA) is 107 Å². The minimum atomic E-state index is -3.91. The molecule has 0 aromatic heterocycles. The largest absolute Gasteiger partial charge is 0.490 e. The minimum Gasteiger partial charge on any atom is -0.490 e. The lowest BCUT2D eigenvalue weighted by Crippen LogP contribution is -2.53. The van der Waals surface area contributed by atoms with Crippen molar-refractivity contribution in [1.29, 1.82) is 0 Å². The van der Waals surface area contributed by atoms with E-state index in [0.29, 0.717) is 49.1 Å². The van der Waals surface area contributed by atoms with Crippen molar-refractivity contribution in [3.63, 3.8) is 0 Å². The van der Waals surface area contributed by atoms with E-state index < -0.39 is 26.8 Å². The number of sulfonamides is 1. The van der Waals surface area contributed by atoms with Gasteiger partial charge >= 0.3 is 0 Å². The van der Waals surface area contributed by atoms with Gasteiger partial charge in [-0.3, -0.25) is 4.79 Å². The number of hydrogen-bond acceptors (Lipinski definition) is 8. The molecule has 7 rings (SSSR count). The third-order valence-electron chi connectivity index (χ3n) is 11.6. The number of nitrogens with one attached hydrogen (secondary N) is 1. The molecule has 3 aliphatic heterocycles. The van der Waals surface area contributed by atoms with Crippen LogP contribution in [-0.2, 0) is 31.4 Å². The summed E-state index contributed by atoms with van der Waals surface area (Å²) in [7, 11) is -2.28. The highest BCUT2D eigenvalue weighted by molar-refractivity contribution is 7.90. The SMILES string of the molecule is COC1=NO[C@@]2(CCC[C@H](C)[C@@H](C)S(=O)(=O)NC(=O)c3ccc4c(c3)N(C[C@@H]3CC[C@H]32)C[C@@]2(CCCc3cc(Cl)ccc32)CO4)C1. The number of methoxy groups -OCH3 is 1. The van der Waals surface area contributed by atoms with Crippen LogP contribution < -0.4 is 14.4 Å². The molecular weight excluding hydrogens is 626 g/mol. The zero-order valence-electron chi connectivity index (χ0n) is 26.9. The van der Waals surface area contributed by atoms with Crippen LogP contribution in [0.2, 0.25) is 5.02 Å². The van der Waals surface area contributed by atoms with Crippen molar-refractivity contribution < 1.29 is 27.5 Å². The number of aryl methyl sites for hydroxylation is 1. The second kappa shape index (κ2) is 11.9. The third-order valence-corrected chi connectivity index (χ3v) is 13.8. The standard InChI is InChI=1S/C35H44ClN3O6S/c1-22-6-4-15-35(18-32(43-3)37-45-35)29-11-8-26(29)19-39-20-34(14-5-7-24-16-27(36)10-12-28(24)34)21-44-31-13-9-25(17-30(31)39)33(40)38-46(41,42)23(22)2/h9-10,12-13,16-17,22-23,26,29H,4-8,11,14-15,18-21H2,1-3H3,(H,38,40)/t22-,23+,26-,29+,34-,35-/m0/s1. The summed E-state index contributed by atoms with van der Waals surface area (Å²) in [5.41, 5.74) is 2.91. The van der Waals surface area contributed by atoms with Gasteiger partial charge in [-0.15, -0.1) is 0 Å². The van der Waals surface area contributed by atoms with Crippen molar-refractivity contribution in [3.8, 4) is 5.75 Å². The highest BCUT2D eigenvalue weighted by Crippen LogP contribution is 2.52. The number of ether oxygens (including phenoxy) is 2. The number of rotatable bonds is 0. The molecule has 248 valence electrons. The van der Waals surface area contributed by atoms with Crippen molar-refractivity contribution in [3.05, 3.63) is 58.1 Å².